The average molecular weight is 269 g/mol. The minimum absolute atomic E-state index is 0.0883. The molecule has 2 N–H and O–H groups in total. The van der Waals surface area contributed by atoms with Crippen LogP contribution in [0.1, 0.15) is 24.0 Å². The van der Waals surface area contributed by atoms with E-state index in [2.05, 4.69) is 0 Å². The zero-order valence-corrected chi connectivity index (χ0v) is 11.2. The van der Waals surface area contributed by atoms with E-state index in [9.17, 15) is 8.42 Å². The minimum Gasteiger partial charge on any atom is -0.381 e. The molecule has 100 valence electrons. The number of benzene rings is 1. The van der Waals surface area contributed by atoms with Gasteiger partial charge in [-0.05, 0) is 24.0 Å². The molecule has 1 aliphatic rings. The van der Waals surface area contributed by atoms with Crippen molar-refractivity contribution in [2.24, 2.45) is 5.73 Å². The first-order valence-electron chi connectivity index (χ1n) is 6.19. The van der Waals surface area contributed by atoms with Crippen molar-refractivity contribution >= 4 is 9.84 Å². The number of hydrogen-bond acceptors (Lipinski definition) is 4. The van der Waals surface area contributed by atoms with E-state index in [-0.39, 0.29) is 11.0 Å². The Morgan fingerprint density at radius 3 is 2.39 bits per heavy atom. The summed E-state index contributed by atoms with van der Waals surface area (Å²) in [4.78, 5) is 0. The second-order valence-electron chi connectivity index (χ2n) is 4.59. The predicted molar refractivity (Wildman–Crippen MR) is 70.8 cm³/mol. The van der Waals surface area contributed by atoms with Crippen LogP contribution in [0.25, 0.3) is 0 Å². The number of nitrogens with two attached hydrogens (primary N) is 1. The van der Waals surface area contributed by atoms with E-state index in [0.29, 0.717) is 32.6 Å². The second kappa shape index (κ2) is 5.82. The van der Waals surface area contributed by atoms with E-state index in [1.54, 1.807) is 0 Å². The van der Waals surface area contributed by atoms with Gasteiger partial charge in [0.25, 0.3) is 0 Å². The molecule has 1 aromatic rings. The fourth-order valence-electron chi connectivity index (χ4n) is 2.27. The highest BCUT2D eigenvalue weighted by Crippen LogP contribution is 2.21. The first-order valence-corrected chi connectivity index (χ1v) is 7.91. The van der Waals surface area contributed by atoms with Crippen LogP contribution < -0.4 is 5.73 Å². The van der Waals surface area contributed by atoms with Crippen LogP contribution in [0.4, 0.5) is 0 Å². The van der Waals surface area contributed by atoms with Crippen LogP contribution in [0.2, 0.25) is 0 Å². The Morgan fingerprint density at radius 2 is 1.78 bits per heavy atom. The monoisotopic (exact) mass is 269 g/mol. The summed E-state index contributed by atoms with van der Waals surface area (Å²) < 4.78 is 29.9. The maximum Gasteiger partial charge on any atom is 0.157 e. The van der Waals surface area contributed by atoms with Crippen LogP contribution in [0, 0.1) is 0 Å². The van der Waals surface area contributed by atoms with Crippen LogP contribution in [0.3, 0.4) is 0 Å². The molecule has 0 bridgehead atoms. The molecular weight excluding hydrogens is 250 g/mol. The summed E-state index contributed by atoms with van der Waals surface area (Å²) in [7, 11) is -3.10. The van der Waals surface area contributed by atoms with Crippen LogP contribution in [0.15, 0.2) is 24.3 Å². The van der Waals surface area contributed by atoms with Crippen molar-refractivity contribution in [3.8, 4) is 0 Å². The summed E-state index contributed by atoms with van der Waals surface area (Å²) in [6.07, 6.45) is 1.21. The van der Waals surface area contributed by atoms with Crippen molar-refractivity contribution in [2.75, 3.05) is 13.2 Å². The zero-order chi connectivity index (χ0) is 13.0. The van der Waals surface area contributed by atoms with Gasteiger partial charge in [-0.3, -0.25) is 0 Å². The third kappa shape index (κ3) is 3.10. The van der Waals surface area contributed by atoms with Gasteiger partial charge in [0.1, 0.15) is 0 Å². The van der Waals surface area contributed by atoms with Gasteiger partial charge in [-0.2, -0.15) is 0 Å². The predicted octanol–water partition coefficient (Wildman–Crippen LogP) is 1.24. The topological polar surface area (TPSA) is 69.4 Å². The van der Waals surface area contributed by atoms with Crippen molar-refractivity contribution in [1.29, 1.82) is 0 Å². The van der Waals surface area contributed by atoms with Gasteiger partial charge in [0.05, 0.1) is 11.0 Å². The second-order valence-corrected chi connectivity index (χ2v) is 6.87. The smallest absolute Gasteiger partial charge is 0.157 e. The molecule has 0 radical (unpaired) electrons. The summed E-state index contributed by atoms with van der Waals surface area (Å²) in [5.74, 6) is 0.0883. The molecule has 5 heteroatoms. The SMILES string of the molecule is NCc1ccccc1CS(=O)(=O)C1CCOCC1. The van der Waals surface area contributed by atoms with E-state index < -0.39 is 9.84 Å². The first kappa shape index (κ1) is 13.5. The van der Waals surface area contributed by atoms with Gasteiger partial charge in [0, 0.05) is 19.8 Å². The van der Waals surface area contributed by atoms with Crippen LogP contribution >= 0.6 is 0 Å². The Labute approximate surface area is 108 Å². The maximum atomic E-state index is 12.3. The fourth-order valence-corrected chi connectivity index (χ4v) is 4.13. The maximum absolute atomic E-state index is 12.3. The van der Waals surface area contributed by atoms with Crippen molar-refractivity contribution in [2.45, 2.75) is 30.4 Å². The zero-order valence-electron chi connectivity index (χ0n) is 10.3. The van der Waals surface area contributed by atoms with Gasteiger partial charge in [0.2, 0.25) is 0 Å². The Morgan fingerprint density at radius 1 is 1.17 bits per heavy atom. The van der Waals surface area contributed by atoms with E-state index >= 15 is 0 Å². The van der Waals surface area contributed by atoms with Gasteiger partial charge in [-0.15, -0.1) is 0 Å². The Balaban J connectivity index is 2.16. The molecular formula is C13H19NO3S. The molecule has 0 aromatic heterocycles. The van der Waals surface area contributed by atoms with E-state index in [4.69, 9.17) is 10.5 Å². The molecule has 1 aromatic carbocycles. The van der Waals surface area contributed by atoms with E-state index in [0.717, 1.165) is 11.1 Å². The average Bonchev–Trinajstić information content (AvgIpc) is 2.40. The van der Waals surface area contributed by atoms with Gasteiger partial charge in [0.15, 0.2) is 9.84 Å². The van der Waals surface area contributed by atoms with Crippen LogP contribution in [-0.2, 0) is 26.9 Å². The minimum atomic E-state index is -3.10. The Kier molecular flexibility index (Phi) is 4.37. The van der Waals surface area contributed by atoms with Crippen molar-refractivity contribution in [3.05, 3.63) is 35.4 Å². The Hall–Kier alpha value is -0.910. The summed E-state index contributed by atoms with van der Waals surface area (Å²) in [6, 6.07) is 7.47. The van der Waals surface area contributed by atoms with Gasteiger partial charge >= 0.3 is 0 Å². The highest BCUT2D eigenvalue weighted by molar-refractivity contribution is 7.91. The summed E-state index contributed by atoms with van der Waals surface area (Å²) in [5.41, 5.74) is 7.37. The van der Waals surface area contributed by atoms with Crippen molar-refractivity contribution < 1.29 is 13.2 Å². The summed E-state index contributed by atoms with van der Waals surface area (Å²) in [5, 5.41) is -0.267. The van der Waals surface area contributed by atoms with E-state index in [1.807, 2.05) is 24.3 Å². The molecule has 0 spiro atoms. The molecule has 0 unspecified atom stereocenters. The molecule has 2 rings (SSSR count). The quantitative estimate of drug-likeness (QED) is 0.893. The van der Waals surface area contributed by atoms with Crippen LogP contribution in [-0.4, -0.2) is 26.9 Å². The lowest BCUT2D eigenvalue weighted by molar-refractivity contribution is 0.0983. The molecule has 0 amide bonds. The highest BCUT2D eigenvalue weighted by atomic mass is 32.2. The molecule has 4 nitrogen and oxygen atoms in total. The van der Waals surface area contributed by atoms with E-state index in [1.165, 1.54) is 0 Å². The number of ether oxygens (including phenoxy) is 1. The molecule has 1 aliphatic heterocycles. The van der Waals surface area contributed by atoms with Gasteiger partial charge in [-0.1, -0.05) is 24.3 Å². The third-order valence-corrected chi connectivity index (χ3v) is 5.57. The highest BCUT2D eigenvalue weighted by Gasteiger charge is 2.28. The van der Waals surface area contributed by atoms with Gasteiger partial charge < -0.3 is 10.5 Å². The third-order valence-electron chi connectivity index (χ3n) is 3.37. The number of rotatable bonds is 4. The first-order chi connectivity index (χ1) is 8.63. The number of sulfone groups is 1. The molecule has 0 saturated carbocycles. The number of hydrogen-bond donors (Lipinski definition) is 1. The molecule has 1 heterocycles. The molecule has 0 aliphatic carbocycles. The molecule has 1 fully saturated rings. The molecule has 0 atom stereocenters. The summed E-state index contributed by atoms with van der Waals surface area (Å²) in [6.45, 7) is 1.46. The van der Waals surface area contributed by atoms with Gasteiger partial charge in [-0.25, -0.2) is 8.42 Å². The largest absolute Gasteiger partial charge is 0.381 e. The van der Waals surface area contributed by atoms with Crippen molar-refractivity contribution in [3.63, 3.8) is 0 Å². The molecule has 1 saturated heterocycles. The lowest BCUT2D eigenvalue weighted by Gasteiger charge is -2.22. The lowest BCUT2D eigenvalue weighted by atomic mass is 10.1. The normalized spacial score (nSPS) is 17.8. The lowest BCUT2D eigenvalue weighted by Crippen LogP contribution is -2.30. The van der Waals surface area contributed by atoms with Crippen LogP contribution in [0.5, 0.6) is 0 Å². The Bertz CT molecular complexity index is 493. The fraction of sp³-hybridized carbons (Fsp3) is 0.538. The summed E-state index contributed by atoms with van der Waals surface area (Å²) >= 11 is 0. The molecule has 18 heavy (non-hydrogen) atoms. The standard InChI is InChI=1S/C13H19NO3S/c14-9-11-3-1-2-4-12(11)10-18(15,16)13-5-7-17-8-6-13/h1-4,13H,5-10,14H2. The van der Waals surface area contributed by atoms with Crippen molar-refractivity contribution in [1.82, 2.24) is 0 Å².